The molecule has 10 heteroatoms. The summed E-state index contributed by atoms with van der Waals surface area (Å²) < 4.78 is 61.3. The third kappa shape index (κ3) is 11.8. The first kappa shape index (κ1) is 15.8. The van der Waals surface area contributed by atoms with Gasteiger partial charge in [-0.15, -0.1) is 0 Å². The zero-order valence-corrected chi connectivity index (χ0v) is 10.3. The number of nitrogens with zero attached hydrogens (tertiary/aromatic N) is 2. The Morgan fingerprint density at radius 3 is 1.81 bits per heavy atom. The molecule has 0 fully saturated rings. The second-order valence-electron chi connectivity index (χ2n) is 3.42. The van der Waals surface area contributed by atoms with Gasteiger partial charge in [-0.05, 0) is 0 Å². The average Bonchev–Trinajstić information content (AvgIpc) is 1.94. The standard InChI is InChI=1S/C6H12ClN2.F6P/c1-8-4-3-5-9(2)6(8)7;1-7(2,3,4,5)6/h3-5H2,1-2H3;/q+1;-1. The zero-order valence-electron chi connectivity index (χ0n) is 8.61. The molecular weight excluding hydrogens is 280 g/mol. The molecule has 0 aromatic heterocycles. The molecule has 100 valence electrons. The first-order chi connectivity index (χ1) is 6.66. The summed E-state index contributed by atoms with van der Waals surface area (Å²) in [5.74, 6) is 0. The van der Waals surface area contributed by atoms with Crippen LogP contribution in [0.5, 0.6) is 0 Å². The molecule has 0 aromatic carbocycles. The van der Waals surface area contributed by atoms with Gasteiger partial charge in [0.15, 0.2) is 0 Å². The van der Waals surface area contributed by atoms with Crippen molar-refractivity contribution < 1.29 is 29.8 Å². The van der Waals surface area contributed by atoms with Gasteiger partial charge in [-0.3, -0.25) is 9.48 Å². The van der Waals surface area contributed by atoms with Crippen molar-refractivity contribution in [2.45, 2.75) is 6.42 Å². The van der Waals surface area contributed by atoms with Gasteiger partial charge in [0.1, 0.15) is 0 Å². The number of halogens is 7. The first-order valence-electron chi connectivity index (χ1n) is 4.18. The van der Waals surface area contributed by atoms with E-state index in [9.17, 15) is 25.2 Å². The molecule has 16 heavy (non-hydrogen) atoms. The molecule has 0 atom stereocenters. The molecule has 0 N–H and O–H groups in total. The van der Waals surface area contributed by atoms with Crippen molar-refractivity contribution in [1.82, 2.24) is 4.90 Å². The van der Waals surface area contributed by atoms with Gasteiger partial charge in [0.2, 0.25) is 0 Å². The van der Waals surface area contributed by atoms with E-state index in [4.69, 9.17) is 11.6 Å². The van der Waals surface area contributed by atoms with Crippen LogP contribution < -0.4 is 0 Å². The van der Waals surface area contributed by atoms with E-state index >= 15 is 0 Å². The molecule has 0 saturated heterocycles. The number of hydrogen-bond donors (Lipinski definition) is 0. The van der Waals surface area contributed by atoms with E-state index < -0.39 is 7.81 Å². The maximum absolute atomic E-state index is 10.7. The Labute approximate surface area is 93.7 Å². The van der Waals surface area contributed by atoms with Crippen LogP contribution in [0.1, 0.15) is 6.42 Å². The van der Waals surface area contributed by atoms with Crippen LogP contribution in [-0.2, 0) is 0 Å². The van der Waals surface area contributed by atoms with E-state index in [1.165, 1.54) is 6.42 Å². The molecule has 0 aromatic rings. The molecule has 2 nitrogen and oxygen atoms in total. The van der Waals surface area contributed by atoms with E-state index in [0.717, 1.165) is 18.4 Å². The zero-order chi connectivity index (χ0) is 13.3. The van der Waals surface area contributed by atoms with Gasteiger partial charge >= 0.3 is 38.3 Å². The van der Waals surface area contributed by atoms with E-state index in [1.807, 2.05) is 14.1 Å². The monoisotopic (exact) mass is 292 g/mol. The van der Waals surface area contributed by atoms with Crippen molar-refractivity contribution in [1.29, 1.82) is 0 Å². The van der Waals surface area contributed by atoms with E-state index in [1.54, 1.807) is 0 Å². The Bertz CT molecular complexity index is 284. The quantitative estimate of drug-likeness (QED) is 0.284. The van der Waals surface area contributed by atoms with Crippen LogP contribution in [0.25, 0.3) is 0 Å². The summed E-state index contributed by atoms with van der Waals surface area (Å²) in [5.41, 5.74) is 0. The maximum atomic E-state index is 9.87. The van der Waals surface area contributed by atoms with Gasteiger partial charge in [0, 0.05) is 18.0 Å². The Morgan fingerprint density at radius 1 is 1.19 bits per heavy atom. The van der Waals surface area contributed by atoms with Crippen LogP contribution in [0, 0.1) is 0 Å². The van der Waals surface area contributed by atoms with Gasteiger partial charge < -0.3 is 0 Å². The fraction of sp³-hybridized carbons (Fsp3) is 0.833. The molecule has 1 aliphatic heterocycles. The second kappa shape index (κ2) is 3.91. The molecule has 0 unspecified atom stereocenters. The number of hydrogen-bond acceptors (Lipinski definition) is 1. The topological polar surface area (TPSA) is 6.25 Å². The molecule has 0 aliphatic carbocycles. The fourth-order valence-electron chi connectivity index (χ4n) is 1.02. The van der Waals surface area contributed by atoms with Crippen molar-refractivity contribution in [3.63, 3.8) is 0 Å². The minimum atomic E-state index is -10.7. The summed E-state index contributed by atoms with van der Waals surface area (Å²) in [5, 5.41) is 0.862. The first-order valence-corrected chi connectivity index (χ1v) is 6.58. The van der Waals surface area contributed by atoms with Gasteiger partial charge in [-0.1, -0.05) is 0 Å². The third-order valence-electron chi connectivity index (χ3n) is 1.62. The van der Waals surface area contributed by atoms with Gasteiger partial charge in [0.05, 0.1) is 27.2 Å². The molecular formula is C6H12ClF6N2P. The normalized spacial score (nSPS) is 21.9. The van der Waals surface area contributed by atoms with E-state index in [0.29, 0.717) is 0 Å². The Morgan fingerprint density at radius 2 is 1.56 bits per heavy atom. The van der Waals surface area contributed by atoms with Gasteiger partial charge in [-0.25, -0.2) is 0 Å². The number of rotatable bonds is 0. The van der Waals surface area contributed by atoms with Crippen molar-refractivity contribution in [2.75, 3.05) is 27.2 Å². The predicted molar refractivity (Wildman–Crippen MR) is 52.7 cm³/mol. The molecule has 1 heterocycles. The van der Waals surface area contributed by atoms with Crippen LogP contribution in [-0.4, -0.2) is 42.0 Å². The molecule has 1 rings (SSSR count). The Balaban J connectivity index is 0.000000293. The SMILES string of the molecule is CN1CCC[N+](C)=C1Cl.F[P-](F)(F)(F)(F)F. The van der Waals surface area contributed by atoms with Crippen molar-refractivity contribution in [3.05, 3.63) is 0 Å². The molecule has 0 radical (unpaired) electrons. The van der Waals surface area contributed by atoms with E-state index in [-0.39, 0.29) is 0 Å². The summed E-state index contributed by atoms with van der Waals surface area (Å²) in [7, 11) is -6.63. The predicted octanol–water partition coefficient (Wildman–Crippen LogP) is 3.94. The van der Waals surface area contributed by atoms with Crippen molar-refractivity contribution in [3.8, 4) is 0 Å². The van der Waals surface area contributed by atoms with Gasteiger partial charge in [-0.2, -0.15) is 0 Å². The van der Waals surface area contributed by atoms with E-state index in [2.05, 4.69) is 9.48 Å². The summed E-state index contributed by atoms with van der Waals surface area (Å²) in [6.07, 6.45) is 1.21. The van der Waals surface area contributed by atoms with Crippen LogP contribution >= 0.6 is 19.4 Å². The van der Waals surface area contributed by atoms with Crippen molar-refractivity contribution >= 4 is 24.7 Å². The molecule has 0 amide bonds. The van der Waals surface area contributed by atoms with Crippen molar-refractivity contribution in [2.24, 2.45) is 0 Å². The van der Waals surface area contributed by atoms with Crippen LogP contribution in [0.2, 0.25) is 0 Å². The molecule has 1 aliphatic rings. The molecule has 0 saturated carbocycles. The van der Waals surface area contributed by atoms with Gasteiger partial charge in [0.25, 0.3) is 0 Å². The second-order valence-corrected chi connectivity index (χ2v) is 5.68. The summed E-state index contributed by atoms with van der Waals surface area (Å²) >= 11 is 5.89. The third-order valence-corrected chi connectivity index (χ3v) is 2.19. The molecule has 0 bridgehead atoms. The Kier molecular flexibility index (Phi) is 3.85. The van der Waals surface area contributed by atoms with Crippen LogP contribution in [0.4, 0.5) is 25.2 Å². The molecule has 0 spiro atoms. The summed E-state index contributed by atoms with van der Waals surface area (Å²) in [4.78, 5) is 2.06. The Hall–Kier alpha value is -0.230. The minimum absolute atomic E-state index is 0.862. The average molecular weight is 293 g/mol. The fourth-order valence-corrected chi connectivity index (χ4v) is 1.19. The summed E-state index contributed by atoms with van der Waals surface area (Å²) in [6, 6.07) is 0. The van der Waals surface area contributed by atoms with Crippen LogP contribution in [0.15, 0.2) is 0 Å². The summed E-state index contributed by atoms with van der Waals surface area (Å²) in [6.45, 7) is 2.17. The van der Waals surface area contributed by atoms with Crippen LogP contribution in [0.3, 0.4) is 0 Å². The number of amidine groups is 1.